The smallest absolute Gasteiger partial charge is 0.147 e. The maximum absolute atomic E-state index is 6.46. The van der Waals surface area contributed by atoms with Gasteiger partial charge in [0.05, 0.1) is 5.02 Å². The van der Waals surface area contributed by atoms with Crippen LogP contribution in [-0.4, -0.2) is 24.1 Å². The molecule has 0 bridgehead atoms. The van der Waals surface area contributed by atoms with Gasteiger partial charge in [-0.3, -0.25) is 0 Å². The quantitative estimate of drug-likeness (QED) is 0.698. The SMILES string of the molecule is CCCCN(c1ncc(CNCCC)cc1Cl)C1CC1. The van der Waals surface area contributed by atoms with Crippen LogP contribution in [0.1, 0.15) is 51.5 Å². The van der Waals surface area contributed by atoms with Gasteiger partial charge in [0, 0.05) is 25.3 Å². The summed E-state index contributed by atoms with van der Waals surface area (Å²) in [5.74, 6) is 0.974. The fourth-order valence-electron chi connectivity index (χ4n) is 2.36. The summed E-state index contributed by atoms with van der Waals surface area (Å²) in [5, 5.41) is 4.18. The molecule has 0 spiro atoms. The zero-order valence-corrected chi connectivity index (χ0v) is 13.4. The highest BCUT2D eigenvalue weighted by molar-refractivity contribution is 6.33. The first-order valence-electron chi connectivity index (χ1n) is 7.88. The number of hydrogen-bond donors (Lipinski definition) is 1. The molecule has 0 saturated heterocycles. The lowest BCUT2D eigenvalue weighted by Gasteiger charge is -2.24. The van der Waals surface area contributed by atoms with E-state index in [0.29, 0.717) is 6.04 Å². The van der Waals surface area contributed by atoms with Crippen LogP contribution in [0.5, 0.6) is 0 Å². The van der Waals surface area contributed by atoms with Crippen LogP contribution in [-0.2, 0) is 6.54 Å². The van der Waals surface area contributed by atoms with E-state index in [-0.39, 0.29) is 0 Å². The Kier molecular flexibility index (Phi) is 6.11. The Hall–Kier alpha value is -0.800. The van der Waals surface area contributed by atoms with E-state index in [1.807, 2.05) is 6.20 Å². The van der Waals surface area contributed by atoms with E-state index in [2.05, 4.69) is 35.1 Å². The van der Waals surface area contributed by atoms with Gasteiger partial charge < -0.3 is 10.2 Å². The first-order chi connectivity index (χ1) is 9.76. The molecule has 0 radical (unpaired) electrons. The van der Waals surface area contributed by atoms with E-state index in [1.54, 1.807) is 0 Å². The van der Waals surface area contributed by atoms with E-state index in [9.17, 15) is 0 Å². The summed E-state index contributed by atoms with van der Waals surface area (Å²) in [7, 11) is 0. The van der Waals surface area contributed by atoms with Gasteiger partial charge in [-0.1, -0.05) is 31.9 Å². The van der Waals surface area contributed by atoms with Gasteiger partial charge in [0.1, 0.15) is 5.82 Å². The average molecular weight is 296 g/mol. The number of unbranched alkanes of at least 4 members (excludes halogenated alkanes) is 1. The number of nitrogens with one attached hydrogen (secondary N) is 1. The summed E-state index contributed by atoms with van der Waals surface area (Å²) in [4.78, 5) is 7.02. The number of anilines is 1. The number of nitrogens with zero attached hydrogens (tertiary/aromatic N) is 2. The average Bonchev–Trinajstić information content (AvgIpc) is 3.26. The molecule has 0 amide bonds. The molecule has 1 saturated carbocycles. The number of aromatic nitrogens is 1. The Labute approximate surface area is 127 Å². The molecule has 1 aliphatic rings. The third-order valence-electron chi connectivity index (χ3n) is 3.65. The highest BCUT2D eigenvalue weighted by Crippen LogP contribution is 2.34. The normalized spacial score (nSPS) is 14.6. The van der Waals surface area contributed by atoms with Gasteiger partial charge >= 0.3 is 0 Å². The second kappa shape index (κ2) is 7.84. The van der Waals surface area contributed by atoms with Crippen molar-refractivity contribution in [2.24, 2.45) is 0 Å². The zero-order valence-electron chi connectivity index (χ0n) is 12.7. The predicted octanol–water partition coefficient (Wildman–Crippen LogP) is 4.00. The van der Waals surface area contributed by atoms with Crippen LogP contribution in [0.15, 0.2) is 12.3 Å². The number of hydrogen-bond acceptors (Lipinski definition) is 3. The third kappa shape index (κ3) is 4.35. The fraction of sp³-hybridized carbons (Fsp3) is 0.688. The van der Waals surface area contributed by atoms with Crippen molar-refractivity contribution in [1.82, 2.24) is 10.3 Å². The van der Waals surface area contributed by atoms with Gasteiger partial charge in [-0.25, -0.2) is 4.98 Å². The molecule has 20 heavy (non-hydrogen) atoms. The van der Waals surface area contributed by atoms with Crippen LogP contribution in [0, 0.1) is 0 Å². The minimum absolute atomic E-state index is 0.663. The van der Waals surface area contributed by atoms with Crippen molar-refractivity contribution in [1.29, 1.82) is 0 Å². The van der Waals surface area contributed by atoms with Gasteiger partial charge in [-0.05, 0) is 43.9 Å². The van der Waals surface area contributed by atoms with Crippen molar-refractivity contribution in [3.8, 4) is 0 Å². The Bertz CT molecular complexity index is 418. The lowest BCUT2D eigenvalue weighted by atomic mass is 10.2. The summed E-state index contributed by atoms with van der Waals surface area (Å²) < 4.78 is 0. The Morgan fingerprint density at radius 3 is 2.75 bits per heavy atom. The van der Waals surface area contributed by atoms with Crippen molar-refractivity contribution >= 4 is 17.4 Å². The van der Waals surface area contributed by atoms with E-state index in [1.165, 1.54) is 31.2 Å². The molecule has 0 atom stereocenters. The van der Waals surface area contributed by atoms with Crippen LogP contribution in [0.4, 0.5) is 5.82 Å². The van der Waals surface area contributed by atoms with Crippen LogP contribution in [0.25, 0.3) is 0 Å². The van der Waals surface area contributed by atoms with Crippen molar-refractivity contribution in [2.75, 3.05) is 18.0 Å². The Morgan fingerprint density at radius 1 is 1.35 bits per heavy atom. The number of pyridine rings is 1. The lowest BCUT2D eigenvalue weighted by Crippen LogP contribution is -2.28. The molecule has 1 aromatic heterocycles. The van der Waals surface area contributed by atoms with Crippen LogP contribution < -0.4 is 10.2 Å². The minimum atomic E-state index is 0.663. The third-order valence-corrected chi connectivity index (χ3v) is 3.92. The summed E-state index contributed by atoms with van der Waals surface area (Å²) in [5.41, 5.74) is 1.17. The monoisotopic (exact) mass is 295 g/mol. The summed E-state index contributed by atoms with van der Waals surface area (Å²) in [6.07, 6.45) is 8.08. The fourth-order valence-corrected chi connectivity index (χ4v) is 2.66. The molecular formula is C16H26ClN3. The van der Waals surface area contributed by atoms with Crippen molar-refractivity contribution in [3.05, 3.63) is 22.8 Å². The molecule has 4 heteroatoms. The topological polar surface area (TPSA) is 28.2 Å². The molecule has 0 aromatic carbocycles. The molecule has 1 N–H and O–H groups in total. The van der Waals surface area contributed by atoms with Crippen molar-refractivity contribution < 1.29 is 0 Å². The first-order valence-corrected chi connectivity index (χ1v) is 8.25. The van der Waals surface area contributed by atoms with E-state index in [4.69, 9.17) is 11.6 Å². The first kappa shape index (κ1) is 15.6. The molecule has 112 valence electrons. The van der Waals surface area contributed by atoms with Gasteiger partial charge in [0.25, 0.3) is 0 Å². The van der Waals surface area contributed by atoms with Crippen LogP contribution in [0.2, 0.25) is 5.02 Å². The number of halogens is 1. The van der Waals surface area contributed by atoms with Crippen LogP contribution >= 0.6 is 11.6 Å². The predicted molar refractivity (Wildman–Crippen MR) is 86.5 cm³/mol. The summed E-state index contributed by atoms with van der Waals surface area (Å²) in [6.45, 7) is 7.34. The highest BCUT2D eigenvalue weighted by atomic mass is 35.5. The molecule has 1 heterocycles. The van der Waals surface area contributed by atoms with Crippen molar-refractivity contribution in [3.63, 3.8) is 0 Å². The standard InChI is InChI=1S/C16H26ClN3/c1-3-5-9-20(14-6-7-14)16-15(17)10-13(12-19-16)11-18-8-4-2/h10,12,14,18H,3-9,11H2,1-2H3. The van der Waals surface area contributed by atoms with Gasteiger partial charge in [-0.2, -0.15) is 0 Å². The molecular weight excluding hydrogens is 270 g/mol. The maximum Gasteiger partial charge on any atom is 0.147 e. The molecule has 1 aliphatic carbocycles. The molecule has 2 rings (SSSR count). The maximum atomic E-state index is 6.46. The zero-order chi connectivity index (χ0) is 14.4. The molecule has 1 fully saturated rings. The second-order valence-corrected chi connectivity index (χ2v) is 6.01. The summed E-state index contributed by atoms with van der Waals surface area (Å²) >= 11 is 6.46. The molecule has 1 aromatic rings. The van der Waals surface area contributed by atoms with Gasteiger partial charge in [0.15, 0.2) is 0 Å². The van der Waals surface area contributed by atoms with E-state index in [0.717, 1.165) is 36.9 Å². The Balaban J connectivity index is 2.02. The molecule has 3 nitrogen and oxygen atoms in total. The van der Waals surface area contributed by atoms with Gasteiger partial charge in [0.2, 0.25) is 0 Å². The van der Waals surface area contributed by atoms with E-state index >= 15 is 0 Å². The molecule has 0 aliphatic heterocycles. The second-order valence-electron chi connectivity index (χ2n) is 5.60. The summed E-state index contributed by atoms with van der Waals surface area (Å²) in [6, 6.07) is 2.73. The van der Waals surface area contributed by atoms with E-state index < -0.39 is 0 Å². The lowest BCUT2D eigenvalue weighted by molar-refractivity contribution is 0.672. The largest absolute Gasteiger partial charge is 0.352 e. The number of rotatable bonds is 9. The molecule has 0 unspecified atom stereocenters. The minimum Gasteiger partial charge on any atom is -0.352 e. The highest BCUT2D eigenvalue weighted by Gasteiger charge is 2.30. The Morgan fingerprint density at radius 2 is 2.15 bits per heavy atom. The van der Waals surface area contributed by atoms with Crippen molar-refractivity contribution in [2.45, 2.75) is 58.5 Å². The van der Waals surface area contributed by atoms with Crippen LogP contribution in [0.3, 0.4) is 0 Å². The van der Waals surface area contributed by atoms with Gasteiger partial charge in [-0.15, -0.1) is 0 Å².